The van der Waals surface area contributed by atoms with Crippen LogP contribution < -0.4 is 5.32 Å². The summed E-state index contributed by atoms with van der Waals surface area (Å²) in [6.45, 7) is 6.83. The number of hydrogen-bond donors (Lipinski definition) is 2. The molecule has 190 valence electrons. The summed E-state index contributed by atoms with van der Waals surface area (Å²) in [7, 11) is 0. The van der Waals surface area contributed by atoms with Crippen molar-refractivity contribution in [1.82, 2.24) is 10.2 Å². The number of benzene rings is 3. The molecule has 0 saturated carbocycles. The van der Waals surface area contributed by atoms with Gasteiger partial charge in [-0.1, -0.05) is 42.0 Å². The molecule has 6 nitrogen and oxygen atoms in total. The number of carbonyl (C=O) groups excluding carboxylic acids is 1. The lowest BCUT2D eigenvalue weighted by atomic mass is 9.90. The quantitative estimate of drug-likeness (QED) is 0.420. The molecule has 1 aliphatic heterocycles. The number of carboxylic acid groups (broad SMARTS) is 1. The molecule has 7 heteroatoms. The van der Waals surface area contributed by atoms with Crippen molar-refractivity contribution in [3.05, 3.63) is 83.2 Å². The molecule has 1 aliphatic rings. The second-order valence-corrected chi connectivity index (χ2v) is 10.4. The first-order valence-electron chi connectivity index (χ1n) is 12.3. The summed E-state index contributed by atoms with van der Waals surface area (Å²) in [5, 5.41) is 20.8. The third-order valence-corrected chi connectivity index (χ3v) is 6.85. The fraction of sp³-hybridized carbons (Fsp3) is 0.300. The van der Waals surface area contributed by atoms with Crippen molar-refractivity contribution in [1.29, 1.82) is 5.26 Å². The van der Waals surface area contributed by atoms with Gasteiger partial charge >= 0.3 is 6.09 Å². The smallest absolute Gasteiger partial charge is 0.405 e. The highest BCUT2D eigenvalue weighted by Crippen LogP contribution is 2.35. The average molecular weight is 500 g/mol. The lowest BCUT2D eigenvalue weighted by molar-refractivity contribution is 0.0783. The maximum Gasteiger partial charge on any atom is 0.405 e. The van der Waals surface area contributed by atoms with Crippen LogP contribution in [0.15, 0.2) is 60.7 Å². The van der Waals surface area contributed by atoms with Gasteiger partial charge in [0.25, 0.3) is 5.91 Å². The fourth-order valence-electron chi connectivity index (χ4n) is 5.10. The third-order valence-electron chi connectivity index (χ3n) is 6.85. The molecule has 1 atom stereocenters. The first kappa shape index (κ1) is 25.9. The Morgan fingerprint density at radius 3 is 2.43 bits per heavy atom. The highest BCUT2D eigenvalue weighted by molar-refractivity contribution is 5.98. The fourth-order valence-corrected chi connectivity index (χ4v) is 5.10. The number of aryl methyl sites for hydroxylation is 1. The first-order chi connectivity index (χ1) is 17.6. The van der Waals surface area contributed by atoms with Crippen LogP contribution in [0.3, 0.4) is 0 Å². The van der Waals surface area contributed by atoms with Gasteiger partial charge in [0.15, 0.2) is 0 Å². The van der Waals surface area contributed by atoms with Crippen LogP contribution in [-0.4, -0.2) is 40.6 Å². The van der Waals surface area contributed by atoms with Crippen molar-refractivity contribution in [2.24, 2.45) is 5.92 Å². The molecule has 3 aromatic carbocycles. The highest BCUT2D eigenvalue weighted by Gasteiger charge is 2.32. The zero-order valence-electron chi connectivity index (χ0n) is 21.2. The van der Waals surface area contributed by atoms with Crippen LogP contribution in [0.25, 0.3) is 22.3 Å². The number of carbonyl (C=O) groups is 2. The van der Waals surface area contributed by atoms with Gasteiger partial charge in [0.2, 0.25) is 0 Å². The van der Waals surface area contributed by atoms with E-state index in [-0.39, 0.29) is 17.4 Å². The summed E-state index contributed by atoms with van der Waals surface area (Å²) in [5.74, 6) is -0.534. The number of nitrogens with one attached hydrogen (secondary N) is 1. The number of hydrogen-bond acceptors (Lipinski definition) is 3. The Morgan fingerprint density at radius 2 is 1.78 bits per heavy atom. The van der Waals surface area contributed by atoms with Gasteiger partial charge in [0.05, 0.1) is 5.56 Å². The minimum atomic E-state index is -1.06. The molecule has 1 saturated heterocycles. The van der Waals surface area contributed by atoms with E-state index in [1.807, 2.05) is 57.2 Å². The van der Waals surface area contributed by atoms with Crippen molar-refractivity contribution >= 4 is 12.0 Å². The van der Waals surface area contributed by atoms with Crippen LogP contribution >= 0.6 is 0 Å². The summed E-state index contributed by atoms with van der Waals surface area (Å²) < 4.78 is 14.5. The Morgan fingerprint density at radius 1 is 1.08 bits per heavy atom. The molecule has 0 radical (unpaired) electrons. The van der Waals surface area contributed by atoms with Crippen LogP contribution in [0.4, 0.5) is 9.18 Å². The van der Waals surface area contributed by atoms with Crippen LogP contribution in [0, 0.1) is 30.0 Å². The molecule has 1 fully saturated rings. The van der Waals surface area contributed by atoms with Crippen molar-refractivity contribution in [3.8, 4) is 28.3 Å². The van der Waals surface area contributed by atoms with Crippen molar-refractivity contribution in [3.63, 3.8) is 0 Å². The minimum absolute atomic E-state index is 0.0312. The molecule has 3 aromatic rings. The third kappa shape index (κ3) is 5.97. The lowest BCUT2D eigenvalue weighted by Crippen LogP contribution is -2.44. The maximum atomic E-state index is 14.5. The molecule has 37 heavy (non-hydrogen) atoms. The van der Waals surface area contributed by atoms with Crippen LogP contribution in [0.5, 0.6) is 0 Å². The topological polar surface area (TPSA) is 93.4 Å². The Balaban J connectivity index is 1.64. The van der Waals surface area contributed by atoms with Gasteiger partial charge < -0.3 is 15.3 Å². The largest absolute Gasteiger partial charge is 0.465 e. The van der Waals surface area contributed by atoms with Crippen LogP contribution in [0.2, 0.25) is 0 Å². The van der Waals surface area contributed by atoms with E-state index in [1.54, 1.807) is 23.1 Å². The number of likely N-dealkylation sites (tertiary alicyclic amines) is 1. The first-order valence-corrected chi connectivity index (χ1v) is 12.3. The monoisotopic (exact) mass is 499 g/mol. The summed E-state index contributed by atoms with van der Waals surface area (Å²) in [6.07, 6.45) is 0.368. The Kier molecular flexibility index (Phi) is 7.30. The van der Waals surface area contributed by atoms with E-state index in [2.05, 4.69) is 5.32 Å². The van der Waals surface area contributed by atoms with E-state index in [1.165, 1.54) is 12.1 Å². The number of rotatable bonds is 6. The van der Waals surface area contributed by atoms with Gasteiger partial charge in [-0.2, -0.15) is 5.26 Å². The SMILES string of the molecule is Cc1ccc(-c2ccc(C(=O)N3CC[C@@H](CC(C)(C)NC(=O)O)C3)cc2-c2ccc(C#N)c(F)c2)cc1. The lowest BCUT2D eigenvalue weighted by Gasteiger charge is -2.28. The van der Waals surface area contributed by atoms with E-state index in [4.69, 9.17) is 10.4 Å². The summed E-state index contributed by atoms with van der Waals surface area (Å²) >= 11 is 0. The zero-order chi connectivity index (χ0) is 26.7. The molecule has 4 rings (SSSR count). The van der Waals surface area contributed by atoms with Crippen molar-refractivity contribution < 1.29 is 19.1 Å². The summed E-state index contributed by atoms with van der Waals surface area (Å²) in [4.78, 5) is 26.4. The highest BCUT2D eigenvalue weighted by atomic mass is 19.1. The van der Waals surface area contributed by atoms with Gasteiger partial charge in [0.1, 0.15) is 11.9 Å². The number of halogens is 1. The molecule has 0 bridgehead atoms. The summed E-state index contributed by atoms with van der Waals surface area (Å²) in [6, 6.07) is 19.8. The number of amides is 2. The normalized spacial score (nSPS) is 15.3. The van der Waals surface area contributed by atoms with Gasteiger partial charge in [0, 0.05) is 24.2 Å². The molecule has 0 spiro atoms. The van der Waals surface area contributed by atoms with Crippen molar-refractivity contribution in [2.45, 2.75) is 39.2 Å². The number of nitrogens with zero attached hydrogens (tertiary/aromatic N) is 2. The van der Waals surface area contributed by atoms with E-state index in [0.717, 1.165) is 23.1 Å². The summed E-state index contributed by atoms with van der Waals surface area (Å²) in [5.41, 5.74) is 4.10. The Labute approximate surface area is 216 Å². The van der Waals surface area contributed by atoms with E-state index < -0.39 is 17.4 Å². The van der Waals surface area contributed by atoms with E-state index in [9.17, 15) is 14.0 Å². The van der Waals surface area contributed by atoms with Crippen molar-refractivity contribution in [2.75, 3.05) is 13.1 Å². The average Bonchev–Trinajstić information content (AvgIpc) is 3.30. The Hall–Kier alpha value is -4.18. The number of nitriles is 1. The van der Waals surface area contributed by atoms with Gasteiger partial charge in [-0.25, -0.2) is 9.18 Å². The van der Waals surface area contributed by atoms with Crippen LogP contribution in [-0.2, 0) is 0 Å². The molecule has 2 amide bonds. The van der Waals surface area contributed by atoms with Gasteiger partial charge in [-0.05, 0) is 86.1 Å². The standard InChI is InChI=1S/C30H30FN3O3/c1-19-4-6-21(7-5-19)25-11-10-23(14-26(25)22-8-9-24(17-32)27(31)15-22)28(35)34-13-12-20(18-34)16-30(2,3)33-29(36)37/h4-11,14-15,20,33H,12-13,16,18H2,1-3H3,(H,36,37)/t20-/m0/s1. The molecule has 2 N–H and O–H groups in total. The van der Waals surface area contributed by atoms with Gasteiger partial charge in [-0.15, -0.1) is 0 Å². The minimum Gasteiger partial charge on any atom is -0.465 e. The van der Waals surface area contributed by atoms with E-state index in [0.29, 0.717) is 36.2 Å². The second-order valence-electron chi connectivity index (χ2n) is 10.4. The molecule has 0 aliphatic carbocycles. The predicted octanol–water partition coefficient (Wildman–Crippen LogP) is 6.24. The van der Waals surface area contributed by atoms with Gasteiger partial charge in [-0.3, -0.25) is 4.79 Å². The Bertz CT molecular complexity index is 1380. The molecule has 1 heterocycles. The van der Waals surface area contributed by atoms with Crippen LogP contribution in [0.1, 0.15) is 48.2 Å². The molecular formula is C30H30FN3O3. The molecular weight excluding hydrogens is 469 g/mol. The van der Waals surface area contributed by atoms with E-state index >= 15 is 0 Å². The predicted molar refractivity (Wildman–Crippen MR) is 141 cm³/mol. The zero-order valence-corrected chi connectivity index (χ0v) is 21.2. The molecule has 0 aromatic heterocycles. The second kappa shape index (κ2) is 10.4. The molecule has 0 unspecified atom stereocenters. The maximum absolute atomic E-state index is 14.5.